The third-order valence-electron chi connectivity index (χ3n) is 3.33. The number of nitrogens with one attached hydrogen (secondary N) is 1. The Balaban J connectivity index is 2.11. The first-order chi connectivity index (χ1) is 10.7. The lowest BCUT2D eigenvalue weighted by Gasteiger charge is -2.06. The lowest BCUT2D eigenvalue weighted by Crippen LogP contribution is -2.28. The Kier molecular flexibility index (Phi) is 4.86. The first kappa shape index (κ1) is 17.2. The van der Waals surface area contributed by atoms with Gasteiger partial charge in [-0.05, 0) is 38.0 Å². The van der Waals surface area contributed by atoms with Crippen molar-refractivity contribution in [2.24, 2.45) is 5.14 Å². The van der Waals surface area contributed by atoms with Crippen molar-refractivity contribution in [2.45, 2.75) is 25.2 Å². The van der Waals surface area contributed by atoms with Crippen LogP contribution in [0, 0.1) is 19.7 Å². The highest BCUT2D eigenvalue weighted by atomic mass is 32.2. The topological polar surface area (TPSA) is 102 Å². The number of hydrogen-bond acceptors (Lipinski definition) is 4. The maximum Gasteiger partial charge on any atom is 0.256 e. The highest BCUT2D eigenvalue weighted by Crippen LogP contribution is 2.25. The number of sulfonamides is 1. The summed E-state index contributed by atoms with van der Waals surface area (Å²) in [7, 11) is -4.07. The van der Waals surface area contributed by atoms with Gasteiger partial charge in [-0.2, -0.15) is 0 Å². The van der Waals surface area contributed by atoms with Crippen LogP contribution < -0.4 is 10.5 Å². The molecule has 8 heteroatoms. The summed E-state index contributed by atoms with van der Waals surface area (Å²) in [5.41, 5.74) is 0.766. The molecule has 0 spiro atoms. The van der Waals surface area contributed by atoms with Crippen molar-refractivity contribution in [3.8, 4) is 0 Å². The summed E-state index contributed by atoms with van der Waals surface area (Å²) < 4.78 is 41.3. The Morgan fingerprint density at radius 2 is 1.83 bits per heavy atom. The van der Waals surface area contributed by atoms with Gasteiger partial charge in [0.2, 0.25) is 10.0 Å². The Morgan fingerprint density at radius 1 is 1.22 bits per heavy atom. The maximum absolute atomic E-state index is 12.8. The van der Waals surface area contributed by atoms with Gasteiger partial charge < -0.3 is 9.73 Å². The summed E-state index contributed by atoms with van der Waals surface area (Å²) >= 11 is 0. The van der Waals surface area contributed by atoms with Crippen LogP contribution >= 0.6 is 0 Å². The lowest BCUT2D eigenvalue weighted by atomic mass is 10.1. The number of halogens is 1. The summed E-state index contributed by atoms with van der Waals surface area (Å²) in [5.74, 6) is -0.648. The van der Waals surface area contributed by atoms with E-state index >= 15 is 0 Å². The molecule has 0 aliphatic rings. The van der Waals surface area contributed by atoms with Crippen LogP contribution in [-0.2, 0) is 16.4 Å². The quantitative estimate of drug-likeness (QED) is 0.864. The molecule has 2 rings (SSSR count). The third kappa shape index (κ3) is 3.96. The molecule has 0 atom stereocenters. The van der Waals surface area contributed by atoms with Crippen LogP contribution in [-0.4, -0.2) is 20.9 Å². The predicted octanol–water partition coefficient (Wildman–Crippen LogP) is 1.66. The van der Waals surface area contributed by atoms with Gasteiger partial charge in [0.15, 0.2) is 0 Å². The number of rotatable bonds is 5. The molecule has 0 bridgehead atoms. The van der Waals surface area contributed by atoms with E-state index in [-0.39, 0.29) is 34.3 Å². The van der Waals surface area contributed by atoms with Crippen LogP contribution in [0.4, 0.5) is 4.39 Å². The first-order valence-electron chi connectivity index (χ1n) is 6.85. The molecular weight excluding hydrogens is 323 g/mol. The Bertz CT molecular complexity index is 826. The molecule has 0 aliphatic carbocycles. The summed E-state index contributed by atoms with van der Waals surface area (Å²) in [5, 5.41) is 7.76. The highest BCUT2D eigenvalue weighted by Gasteiger charge is 2.28. The molecule has 2 aromatic rings. The van der Waals surface area contributed by atoms with E-state index in [0.717, 1.165) is 5.56 Å². The molecule has 1 aromatic carbocycles. The zero-order valence-corrected chi connectivity index (χ0v) is 13.5. The van der Waals surface area contributed by atoms with Gasteiger partial charge in [-0.15, -0.1) is 0 Å². The van der Waals surface area contributed by atoms with Crippen molar-refractivity contribution < 1.29 is 22.0 Å². The predicted molar refractivity (Wildman–Crippen MR) is 82.0 cm³/mol. The van der Waals surface area contributed by atoms with Crippen LogP contribution in [0.5, 0.6) is 0 Å². The zero-order valence-electron chi connectivity index (χ0n) is 12.7. The van der Waals surface area contributed by atoms with Gasteiger partial charge in [-0.25, -0.2) is 17.9 Å². The standard InChI is InChI=1S/C15H17FN2O4S/c1-9-13(14(10(2)22-9)23(17,20)21)15(19)18-8-7-11-3-5-12(16)6-4-11/h3-6H,7-8H2,1-2H3,(H,18,19)(H2,17,20,21). The van der Waals surface area contributed by atoms with E-state index in [9.17, 15) is 17.6 Å². The van der Waals surface area contributed by atoms with E-state index in [1.165, 1.54) is 26.0 Å². The second-order valence-electron chi connectivity index (χ2n) is 5.10. The van der Waals surface area contributed by atoms with E-state index in [1.807, 2.05) is 0 Å². The average Bonchev–Trinajstić information content (AvgIpc) is 2.75. The molecule has 0 fully saturated rings. The molecular formula is C15H17FN2O4S. The second-order valence-corrected chi connectivity index (χ2v) is 6.59. The van der Waals surface area contributed by atoms with Gasteiger partial charge in [-0.1, -0.05) is 12.1 Å². The van der Waals surface area contributed by atoms with Crippen LogP contribution in [0.2, 0.25) is 0 Å². The summed E-state index contributed by atoms with van der Waals surface area (Å²) in [6, 6.07) is 5.90. The summed E-state index contributed by atoms with van der Waals surface area (Å²) in [6.07, 6.45) is 0.479. The van der Waals surface area contributed by atoms with Gasteiger partial charge in [0.1, 0.15) is 27.8 Å². The van der Waals surface area contributed by atoms with Crippen molar-refractivity contribution in [1.29, 1.82) is 0 Å². The van der Waals surface area contributed by atoms with E-state index in [1.54, 1.807) is 12.1 Å². The number of hydrogen-bond donors (Lipinski definition) is 2. The second kappa shape index (κ2) is 6.51. The number of nitrogens with two attached hydrogens (primary N) is 1. The molecule has 0 aliphatic heterocycles. The zero-order chi connectivity index (χ0) is 17.2. The Morgan fingerprint density at radius 3 is 2.39 bits per heavy atom. The van der Waals surface area contributed by atoms with Gasteiger partial charge in [0.25, 0.3) is 5.91 Å². The van der Waals surface area contributed by atoms with Crippen molar-refractivity contribution >= 4 is 15.9 Å². The molecule has 0 radical (unpaired) electrons. The number of carbonyl (C=O) groups is 1. The Hall–Kier alpha value is -2.19. The number of aryl methyl sites for hydroxylation is 2. The van der Waals surface area contributed by atoms with Gasteiger partial charge >= 0.3 is 0 Å². The number of furan rings is 1. The fraction of sp³-hybridized carbons (Fsp3) is 0.267. The minimum Gasteiger partial charge on any atom is -0.464 e. The van der Waals surface area contributed by atoms with E-state index in [2.05, 4.69) is 5.32 Å². The molecule has 6 nitrogen and oxygen atoms in total. The molecule has 0 saturated heterocycles. The summed E-state index contributed by atoms with van der Waals surface area (Å²) in [6.45, 7) is 3.19. The monoisotopic (exact) mass is 340 g/mol. The molecule has 1 amide bonds. The first-order valence-corrected chi connectivity index (χ1v) is 8.40. The maximum atomic E-state index is 12.8. The van der Waals surface area contributed by atoms with Gasteiger partial charge in [0, 0.05) is 6.54 Å². The highest BCUT2D eigenvalue weighted by molar-refractivity contribution is 7.89. The van der Waals surface area contributed by atoms with Crippen molar-refractivity contribution in [1.82, 2.24) is 5.32 Å². The summed E-state index contributed by atoms with van der Waals surface area (Å²) in [4.78, 5) is 11.9. The fourth-order valence-electron chi connectivity index (χ4n) is 2.33. The molecule has 124 valence electrons. The van der Waals surface area contributed by atoms with Gasteiger partial charge in [-0.3, -0.25) is 4.79 Å². The molecule has 3 N–H and O–H groups in total. The van der Waals surface area contributed by atoms with Crippen LogP contribution in [0.1, 0.15) is 27.4 Å². The largest absolute Gasteiger partial charge is 0.464 e. The number of benzene rings is 1. The number of amides is 1. The lowest BCUT2D eigenvalue weighted by molar-refractivity contribution is 0.0949. The number of carbonyl (C=O) groups excluding carboxylic acids is 1. The molecule has 23 heavy (non-hydrogen) atoms. The minimum absolute atomic E-state index is 0.0775. The van der Waals surface area contributed by atoms with Crippen molar-refractivity contribution in [2.75, 3.05) is 6.54 Å². The molecule has 0 saturated carbocycles. The Labute approximate surface area is 133 Å². The normalized spacial score (nSPS) is 11.5. The smallest absolute Gasteiger partial charge is 0.256 e. The van der Waals surface area contributed by atoms with Crippen molar-refractivity contribution in [3.63, 3.8) is 0 Å². The van der Waals surface area contributed by atoms with E-state index in [4.69, 9.17) is 9.56 Å². The number of primary sulfonamides is 1. The van der Waals surface area contributed by atoms with E-state index < -0.39 is 15.9 Å². The molecule has 1 aromatic heterocycles. The van der Waals surface area contributed by atoms with Gasteiger partial charge in [0.05, 0.1) is 0 Å². The minimum atomic E-state index is -4.07. The SMILES string of the molecule is Cc1oc(C)c(S(N)(=O)=O)c1C(=O)NCCc1ccc(F)cc1. The van der Waals surface area contributed by atoms with Crippen LogP contribution in [0.25, 0.3) is 0 Å². The third-order valence-corrected chi connectivity index (χ3v) is 4.39. The average molecular weight is 340 g/mol. The van der Waals surface area contributed by atoms with Crippen LogP contribution in [0.15, 0.2) is 33.6 Å². The van der Waals surface area contributed by atoms with E-state index in [0.29, 0.717) is 6.42 Å². The molecule has 1 heterocycles. The fourth-order valence-corrected chi connectivity index (χ4v) is 3.29. The van der Waals surface area contributed by atoms with Crippen LogP contribution in [0.3, 0.4) is 0 Å². The van der Waals surface area contributed by atoms with Crippen molar-refractivity contribution in [3.05, 3.63) is 52.7 Å². The molecule has 0 unspecified atom stereocenters.